The van der Waals surface area contributed by atoms with Crippen LogP contribution in [0, 0.1) is 6.92 Å². The van der Waals surface area contributed by atoms with E-state index in [0.717, 1.165) is 29.1 Å². The van der Waals surface area contributed by atoms with Crippen LogP contribution in [0.2, 0.25) is 5.28 Å². The number of likely N-dealkylation sites (N-methyl/N-ethyl adjacent to an activating group) is 1. The van der Waals surface area contributed by atoms with Crippen molar-refractivity contribution in [3.63, 3.8) is 0 Å². The van der Waals surface area contributed by atoms with Gasteiger partial charge in [-0.1, -0.05) is 0 Å². The summed E-state index contributed by atoms with van der Waals surface area (Å²) in [5.41, 5.74) is 0. The van der Waals surface area contributed by atoms with Crippen molar-refractivity contribution in [1.29, 1.82) is 0 Å². The van der Waals surface area contributed by atoms with Gasteiger partial charge in [0.1, 0.15) is 10.6 Å². The van der Waals surface area contributed by atoms with Gasteiger partial charge in [0.05, 0.1) is 5.39 Å². The van der Waals surface area contributed by atoms with Gasteiger partial charge in [-0.05, 0) is 38.7 Å². The maximum absolute atomic E-state index is 5.91. The van der Waals surface area contributed by atoms with E-state index in [0.29, 0.717) is 5.28 Å². The molecule has 2 rings (SSSR count). The molecule has 0 atom stereocenters. The summed E-state index contributed by atoms with van der Waals surface area (Å²) in [6.45, 7) is 3.85. The molecule has 0 spiro atoms. The van der Waals surface area contributed by atoms with E-state index < -0.39 is 0 Å². The van der Waals surface area contributed by atoms with Crippen molar-refractivity contribution in [1.82, 2.24) is 14.9 Å². The van der Waals surface area contributed by atoms with E-state index >= 15 is 0 Å². The molecule has 0 fully saturated rings. The number of thiophene rings is 1. The molecule has 0 aliphatic carbocycles. The number of nitrogens with zero attached hydrogens (tertiary/aromatic N) is 3. The number of anilines is 1. The van der Waals surface area contributed by atoms with Crippen molar-refractivity contribution in [3.05, 3.63) is 16.2 Å². The molecule has 1 N–H and O–H groups in total. The van der Waals surface area contributed by atoms with Gasteiger partial charge in [-0.15, -0.1) is 11.3 Å². The van der Waals surface area contributed by atoms with E-state index in [-0.39, 0.29) is 0 Å². The first kappa shape index (κ1) is 12.5. The summed E-state index contributed by atoms with van der Waals surface area (Å²) in [5.74, 6) is 0.825. The van der Waals surface area contributed by atoms with Gasteiger partial charge < -0.3 is 10.2 Å². The van der Waals surface area contributed by atoms with Crippen LogP contribution in [-0.4, -0.2) is 42.1 Å². The van der Waals surface area contributed by atoms with E-state index in [1.54, 1.807) is 11.3 Å². The lowest BCUT2D eigenvalue weighted by Gasteiger charge is -2.11. The number of rotatable bonds is 4. The van der Waals surface area contributed by atoms with Crippen LogP contribution in [0.25, 0.3) is 10.2 Å². The molecule has 2 aromatic heterocycles. The molecule has 0 radical (unpaired) electrons. The highest BCUT2D eigenvalue weighted by atomic mass is 35.5. The fourth-order valence-corrected chi connectivity index (χ4v) is 2.65. The van der Waals surface area contributed by atoms with Gasteiger partial charge in [-0.25, -0.2) is 9.97 Å². The lowest BCUT2D eigenvalue weighted by molar-refractivity contribution is 0.425. The summed E-state index contributed by atoms with van der Waals surface area (Å²) < 4.78 is 0. The van der Waals surface area contributed by atoms with Crippen molar-refractivity contribution in [2.75, 3.05) is 32.5 Å². The molecular formula is C11H15ClN4S. The molecule has 0 unspecified atom stereocenters. The minimum absolute atomic E-state index is 0.298. The molecule has 2 aromatic rings. The fourth-order valence-electron chi connectivity index (χ4n) is 1.55. The van der Waals surface area contributed by atoms with Gasteiger partial charge in [0, 0.05) is 18.0 Å². The quantitative estimate of drug-likeness (QED) is 0.867. The van der Waals surface area contributed by atoms with Crippen LogP contribution in [0.3, 0.4) is 0 Å². The molecule has 0 aliphatic rings. The summed E-state index contributed by atoms with van der Waals surface area (Å²) >= 11 is 7.54. The Bertz CT molecular complexity index is 523. The highest BCUT2D eigenvalue weighted by molar-refractivity contribution is 7.18. The van der Waals surface area contributed by atoms with Gasteiger partial charge in [-0.3, -0.25) is 0 Å². The molecule has 0 aliphatic heterocycles. The van der Waals surface area contributed by atoms with Crippen LogP contribution in [0.1, 0.15) is 4.88 Å². The molecule has 92 valence electrons. The van der Waals surface area contributed by atoms with Gasteiger partial charge >= 0.3 is 0 Å². The third-order valence-corrected chi connectivity index (χ3v) is 3.45. The summed E-state index contributed by atoms with van der Waals surface area (Å²) in [4.78, 5) is 12.7. The van der Waals surface area contributed by atoms with Crippen molar-refractivity contribution in [2.45, 2.75) is 6.92 Å². The molecule has 0 aromatic carbocycles. The van der Waals surface area contributed by atoms with Gasteiger partial charge in [0.25, 0.3) is 0 Å². The highest BCUT2D eigenvalue weighted by Gasteiger charge is 2.09. The number of aromatic nitrogens is 2. The summed E-state index contributed by atoms with van der Waals surface area (Å²) in [6, 6.07) is 2.09. The lowest BCUT2D eigenvalue weighted by atomic mass is 10.3. The highest BCUT2D eigenvalue weighted by Crippen LogP contribution is 2.29. The predicted molar refractivity (Wildman–Crippen MR) is 74.2 cm³/mol. The van der Waals surface area contributed by atoms with Crippen LogP contribution in [-0.2, 0) is 0 Å². The van der Waals surface area contributed by atoms with E-state index in [1.165, 1.54) is 4.88 Å². The van der Waals surface area contributed by atoms with E-state index in [9.17, 15) is 0 Å². The first-order valence-electron chi connectivity index (χ1n) is 5.38. The summed E-state index contributed by atoms with van der Waals surface area (Å²) in [6.07, 6.45) is 0. The maximum Gasteiger partial charge on any atom is 0.225 e. The normalized spacial score (nSPS) is 11.4. The van der Waals surface area contributed by atoms with Crippen molar-refractivity contribution in [2.24, 2.45) is 0 Å². The average molecular weight is 271 g/mol. The van der Waals surface area contributed by atoms with E-state index in [4.69, 9.17) is 11.6 Å². The first-order valence-corrected chi connectivity index (χ1v) is 6.58. The Hall–Kier alpha value is -0.910. The number of hydrogen-bond donors (Lipinski definition) is 1. The molecule has 0 amide bonds. The Morgan fingerprint density at radius 3 is 2.88 bits per heavy atom. The Labute approximate surface area is 110 Å². The molecular weight excluding hydrogens is 256 g/mol. The van der Waals surface area contributed by atoms with Crippen LogP contribution in [0.5, 0.6) is 0 Å². The number of hydrogen-bond acceptors (Lipinski definition) is 5. The Morgan fingerprint density at radius 1 is 1.41 bits per heavy atom. The lowest BCUT2D eigenvalue weighted by Crippen LogP contribution is -2.21. The second-order valence-corrected chi connectivity index (χ2v) is 5.72. The average Bonchev–Trinajstić information content (AvgIpc) is 2.57. The van der Waals surface area contributed by atoms with Crippen molar-refractivity contribution in [3.8, 4) is 0 Å². The number of aryl methyl sites for hydroxylation is 1. The van der Waals surface area contributed by atoms with Gasteiger partial charge in [0.15, 0.2) is 0 Å². The summed E-state index contributed by atoms with van der Waals surface area (Å²) in [5, 5.41) is 4.65. The van der Waals surface area contributed by atoms with Gasteiger partial charge in [0.2, 0.25) is 5.28 Å². The Balaban J connectivity index is 2.25. The van der Waals surface area contributed by atoms with Crippen molar-refractivity contribution < 1.29 is 0 Å². The van der Waals surface area contributed by atoms with Crippen molar-refractivity contribution >= 4 is 39.0 Å². The van der Waals surface area contributed by atoms with E-state index in [1.807, 2.05) is 14.1 Å². The third-order valence-electron chi connectivity index (χ3n) is 2.34. The second-order valence-electron chi connectivity index (χ2n) is 4.15. The molecule has 17 heavy (non-hydrogen) atoms. The summed E-state index contributed by atoms with van der Waals surface area (Å²) in [7, 11) is 4.08. The molecule has 6 heteroatoms. The molecule has 0 bridgehead atoms. The number of fused-ring (bicyclic) bond motifs is 1. The zero-order valence-corrected chi connectivity index (χ0v) is 11.7. The fraction of sp³-hybridized carbons (Fsp3) is 0.455. The van der Waals surface area contributed by atoms with E-state index in [2.05, 4.69) is 33.2 Å². The Morgan fingerprint density at radius 2 is 2.18 bits per heavy atom. The number of nitrogens with one attached hydrogen (secondary N) is 1. The molecule has 2 heterocycles. The van der Waals surface area contributed by atoms with Crippen LogP contribution in [0.4, 0.5) is 5.82 Å². The predicted octanol–water partition coefficient (Wildman–Crippen LogP) is 2.63. The minimum atomic E-state index is 0.298. The molecule has 0 saturated carbocycles. The second kappa shape index (κ2) is 5.16. The monoisotopic (exact) mass is 270 g/mol. The Kier molecular flexibility index (Phi) is 3.81. The van der Waals surface area contributed by atoms with Crippen LogP contribution in [0.15, 0.2) is 6.07 Å². The SMILES string of the molecule is Cc1cc2c(NCCN(C)C)nc(Cl)nc2s1. The smallest absolute Gasteiger partial charge is 0.225 e. The zero-order chi connectivity index (χ0) is 12.4. The topological polar surface area (TPSA) is 41.0 Å². The van der Waals surface area contributed by atoms with Crippen LogP contribution < -0.4 is 5.32 Å². The molecule has 4 nitrogen and oxygen atoms in total. The third kappa shape index (κ3) is 3.06. The number of halogens is 1. The van der Waals surface area contributed by atoms with Crippen LogP contribution >= 0.6 is 22.9 Å². The van der Waals surface area contributed by atoms with Gasteiger partial charge in [-0.2, -0.15) is 0 Å². The first-order chi connectivity index (χ1) is 8.06. The minimum Gasteiger partial charge on any atom is -0.368 e. The molecule has 0 saturated heterocycles. The standard InChI is InChI=1S/C11H15ClN4S/c1-7-6-8-9(13-4-5-16(2)3)14-11(12)15-10(8)17-7/h6H,4-5H2,1-3H3,(H,13,14,15). The largest absolute Gasteiger partial charge is 0.368 e. The maximum atomic E-state index is 5.91. The zero-order valence-electron chi connectivity index (χ0n) is 10.1.